The molecule has 0 aromatic heterocycles. The highest BCUT2D eigenvalue weighted by molar-refractivity contribution is 6.21. The maximum atomic E-state index is 12.8. The topological polar surface area (TPSA) is 116 Å². The van der Waals surface area contributed by atoms with Crippen molar-refractivity contribution in [2.75, 3.05) is 13.2 Å². The molecule has 8 nitrogen and oxygen atoms in total. The summed E-state index contributed by atoms with van der Waals surface area (Å²) in [5.74, 6) is 0.203. The van der Waals surface area contributed by atoms with E-state index in [2.05, 4.69) is 39.1 Å². The number of nitrogens with zero attached hydrogens (tertiary/aromatic N) is 3. The van der Waals surface area contributed by atoms with Crippen LogP contribution >= 0.6 is 0 Å². The van der Waals surface area contributed by atoms with Crippen molar-refractivity contribution in [2.45, 2.75) is 92.9 Å². The smallest absolute Gasteiger partial charge is 0.305 e. The number of unbranched alkanes of at least 4 members (excludes halogenated alkanes) is 3. The summed E-state index contributed by atoms with van der Waals surface area (Å²) in [6, 6.07) is 0. The quantitative estimate of drug-likeness (QED) is 0.172. The normalized spacial score (nSPS) is 23.6. The third-order valence-corrected chi connectivity index (χ3v) is 10.3. The summed E-state index contributed by atoms with van der Waals surface area (Å²) in [6.07, 6.45) is 12.5. The van der Waals surface area contributed by atoms with Crippen LogP contribution in [0, 0.1) is 11.8 Å². The van der Waals surface area contributed by atoms with Crippen molar-refractivity contribution in [1.29, 1.82) is 0 Å². The van der Waals surface area contributed by atoms with Crippen LogP contribution < -0.4 is 5.32 Å². The molecule has 1 saturated heterocycles. The van der Waals surface area contributed by atoms with E-state index in [4.69, 9.17) is 19.7 Å². The fraction of sp³-hybridized carbons (Fsp3) is 0.474. The van der Waals surface area contributed by atoms with Gasteiger partial charge in [-0.05, 0) is 80.6 Å². The summed E-state index contributed by atoms with van der Waals surface area (Å²) in [7, 11) is 0. The zero-order chi connectivity index (χ0) is 32.7. The van der Waals surface area contributed by atoms with Gasteiger partial charge in [0, 0.05) is 52.8 Å². The molecule has 46 heavy (non-hydrogen) atoms. The SMILES string of the molecule is CCCCCCOC(=O)CC[C@@H]1C2=C3CC(O)=C4C3=NC(=C4C)C=C3N=C(C=C4N=C(C=C(N2)[C@H]1C)C(C)=C4CO)C(C)=C3CC. The van der Waals surface area contributed by atoms with E-state index < -0.39 is 0 Å². The molecule has 3 N–H and O–H groups in total. The number of fused-ring (bicyclic) bond motifs is 5. The number of allylic oxidation sites excluding steroid dienone is 11. The molecular weight excluding hydrogens is 576 g/mol. The maximum Gasteiger partial charge on any atom is 0.305 e. The summed E-state index contributed by atoms with van der Waals surface area (Å²) in [6.45, 7) is 12.9. The van der Waals surface area contributed by atoms with Gasteiger partial charge < -0.3 is 20.3 Å². The Hall–Kier alpha value is -4.04. The summed E-state index contributed by atoms with van der Waals surface area (Å²) in [5.41, 5.74) is 13.5. The molecule has 1 fully saturated rings. The van der Waals surface area contributed by atoms with Crippen LogP contribution in [0.25, 0.3) is 0 Å². The summed E-state index contributed by atoms with van der Waals surface area (Å²) in [5, 5.41) is 25.4. The molecule has 0 radical (unpaired) electrons. The molecule has 0 saturated carbocycles. The van der Waals surface area contributed by atoms with Crippen molar-refractivity contribution in [2.24, 2.45) is 26.8 Å². The molecule has 6 rings (SSSR count). The molecule has 5 aliphatic heterocycles. The maximum absolute atomic E-state index is 12.8. The van der Waals surface area contributed by atoms with Gasteiger partial charge in [0.05, 0.1) is 47.4 Å². The average molecular weight is 623 g/mol. The molecule has 242 valence electrons. The molecule has 6 aliphatic rings. The lowest BCUT2D eigenvalue weighted by Crippen LogP contribution is -2.16. The van der Waals surface area contributed by atoms with Crippen LogP contribution in [-0.4, -0.2) is 46.5 Å². The molecule has 8 bridgehead atoms. The summed E-state index contributed by atoms with van der Waals surface area (Å²) < 4.78 is 5.59. The van der Waals surface area contributed by atoms with Crippen LogP contribution in [0.5, 0.6) is 0 Å². The molecule has 0 aromatic rings. The number of hydrogen-bond donors (Lipinski definition) is 3. The highest BCUT2D eigenvalue weighted by Gasteiger charge is 2.41. The van der Waals surface area contributed by atoms with E-state index in [1.54, 1.807) is 0 Å². The summed E-state index contributed by atoms with van der Waals surface area (Å²) >= 11 is 0. The van der Waals surface area contributed by atoms with Crippen LogP contribution in [0.2, 0.25) is 0 Å². The Labute approximate surface area is 272 Å². The number of hydrogen-bond acceptors (Lipinski definition) is 8. The van der Waals surface area contributed by atoms with Crippen molar-refractivity contribution in [1.82, 2.24) is 5.32 Å². The van der Waals surface area contributed by atoms with Crippen molar-refractivity contribution >= 4 is 23.1 Å². The van der Waals surface area contributed by atoms with Crippen LogP contribution in [-0.2, 0) is 9.53 Å². The van der Waals surface area contributed by atoms with Crippen molar-refractivity contribution < 1.29 is 19.7 Å². The predicted octanol–water partition coefficient (Wildman–Crippen LogP) is 7.55. The minimum atomic E-state index is -0.172. The van der Waals surface area contributed by atoms with Crippen LogP contribution in [0.4, 0.5) is 0 Å². The minimum absolute atomic E-state index is 0.000376. The second-order valence-corrected chi connectivity index (χ2v) is 13.1. The number of carbonyl (C=O) groups excluding carboxylic acids is 1. The largest absolute Gasteiger partial charge is 0.511 e. The molecule has 0 amide bonds. The number of ether oxygens (including phenoxy) is 1. The van der Waals surface area contributed by atoms with Gasteiger partial charge in [0.1, 0.15) is 5.76 Å². The lowest BCUT2D eigenvalue weighted by Gasteiger charge is -2.17. The lowest BCUT2D eigenvalue weighted by molar-refractivity contribution is -0.144. The van der Waals surface area contributed by atoms with Crippen LogP contribution in [0.15, 0.2) is 106 Å². The molecule has 2 atom stereocenters. The van der Waals surface area contributed by atoms with Crippen molar-refractivity contribution in [3.05, 3.63) is 91.5 Å². The second kappa shape index (κ2) is 13.0. The van der Waals surface area contributed by atoms with Crippen LogP contribution in [0.3, 0.4) is 0 Å². The molecule has 8 heteroatoms. The Bertz CT molecular complexity index is 1730. The standard InChI is InChI=1S/C38H46N4O4/c1-7-9-10-11-14-46-35(45)13-12-25-21(4)30-16-28-22(5)27(19-43)33(40-28)17-29-20(3)24(8-2)32(39-29)18-31-23(6)36-34(44)15-26(37(25)41-30)38(36)42-31/h16-18,21,25,41,43-44H,7-15,19H2,1-6H3/t21-,25-/m0/s1. The fourth-order valence-electron chi connectivity index (χ4n) is 7.42. The van der Waals surface area contributed by atoms with Gasteiger partial charge in [0.15, 0.2) is 0 Å². The molecule has 0 aromatic carbocycles. The highest BCUT2D eigenvalue weighted by Crippen LogP contribution is 2.46. The third kappa shape index (κ3) is 5.61. The Morgan fingerprint density at radius 3 is 2.39 bits per heavy atom. The Kier molecular flexibility index (Phi) is 9.01. The first-order chi connectivity index (χ1) is 22.2. The number of esters is 1. The Morgan fingerprint density at radius 2 is 1.67 bits per heavy atom. The minimum Gasteiger partial charge on any atom is -0.511 e. The van der Waals surface area contributed by atoms with E-state index in [-0.39, 0.29) is 24.4 Å². The van der Waals surface area contributed by atoms with E-state index in [9.17, 15) is 15.0 Å². The first-order valence-electron chi connectivity index (χ1n) is 16.9. The molecule has 5 heterocycles. The Balaban J connectivity index is 1.44. The van der Waals surface area contributed by atoms with Crippen molar-refractivity contribution in [3.63, 3.8) is 0 Å². The number of aliphatic hydroxyl groups is 2. The number of rotatable bonds is 10. The van der Waals surface area contributed by atoms with Gasteiger partial charge in [-0.1, -0.05) is 40.0 Å². The van der Waals surface area contributed by atoms with Gasteiger partial charge in [0.2, 0.25) is 0 Å². The van der Waals surface area contributed by atoms with Gasteiger partial charge >= 0.3 is 5.97 Å². The van der Waals surface area contributed by atoms with E-state index in [0.717, 1.165) is 117 Å². The van der Waals surface area contributed by atoms with Gasteiger partial charge in [-0.15, -0.1) is 0 Å². The summed E-state index contributed by atoms with van der Waals surface area (Å²) in [4.78, 5) is 28.0. The fourth-order valence-corrected chi connectivity index (χ4v) is 7.42. The zero-order valence-corrected chi connectivity index (χ0v) is 28.0. The van der Waals surface area contributed by atoms with E-state index >= 15 is 0 Å². The molecular formula is C38H46N4O4. The number of nitrogens with one attached hydrogen (secondary N) is 1. The molecule has 0 spiro atoms. The van der Waals surface area contributed by atoms with Gasteiger partial charge in [-0.3, -0.25) is 4.79 Å². The zero-order valence-electron chi connectivity index (χ0n) is 28.0. The molecule has 1 aliphatic carbocycles. The van der Waals surface area contributed by atoms with E-state index in [0.29, 0.717) is 31.6 Å². The first kappa shape index (κ1) is 31.9. The highest BCUT2D eigenvalue weighted by atomic mass is 16.5. The first-order valence-corrected chi connectivity index (χ1v) is 16.9. The second-order valence-electron chi connectivity index (χ2n) is 13.1. The lowest BCUT2D eigenvalue weighted by atomic mass is 9.86. The predicted molar refractivity (Wildman–Crippen MR) is 183 cm³/mol. The Morgan fingerprint density at radius 1 is 0.957 bits per heavy atom. The van der Waals surface area contributed by atoms with Gasteiger partial charge in [-0.2, -0.15) is 0 Å². The van der Waals surface area contributed by atoms with E-state index in [1.807, 2.05) is 26.0 Å². The van der Waals surface area contributed by atoms with Crippen LogP contribution in [0.1, 0.15) is 92.9 Å². The number of aliphatic imine (C=N–C) groups is 3. The van der Waals surface area contributed by atoms with Gasteiger partial charge in [-0.25, -0.2) is 15.0 Å². The van der Waals surface area contributed by atoms with Crippen molar-refractivity contribution in [3.8, 4) is 0 Å². The third-order valence-electron chi connectivity index (χ3n) is 10.3. The van der Waals surface area contributed by atoms with E-state index in [1.165, 1.54) is 0 Å². The number of aliphatic hydroxyl groups excluding tert-OH is 2. The number of carbonyl (C=O) groups is 1. The monoisotopic (exact) mass is 622 g/mol. The van der Waals surface area contributed by atoms with Gasteiger partial charge in [0.25, 0.3) is 0 Å². The molecule has 0 unspecified atom stereocenters. The average Bonchev–Trinajstić information content (AvgIpc) is 3.78.